The van der Waals surface area contributed by atoms with Crippen LogP contribution < -0.4 is 10.6 Å². The number of carboxylic acid groups (broad SMARTS) is 1. The van der Waals surface area contributed by atoms with Gasteiger partial charge < -0.3 is 20.8 Å². The lowest BCUT2D eigenvalue weighted by atomic mass is 10.2. The summed E-state index contributed by atoms with van der Waals surface area (Å²) in [5.74, 6) is -0.895. The molecule has 94 valence electrons. The van der Waals surface area contributed by atoms with Crippen LogP contribution >= 0.6 is 0 Å². The van der Waals surface area contributed by atoms with Gasteiger partial charge in [-0.1, -0.05) is 0 Å². The van der Waals surface area contributed by atoms with Crippen molar-refractivity contribution in [2.45, 2.75) is 12.5 Å². The Balaban J connectivity index is 3.90. The summed E-state index contributed by atoms with van der Waals surface area (Å²) in [5.41, 5.74) is 0. The predicted octanol–water partition coefficient (Wildman–Crippen LogP) is -1.50. The van der Waals surface area contributed by atoms with Gasteiger partial charge in [-0.25, -0.2) is 9.59 Å². The van der Waals surface area contributed by atoms with Crippen LogP contribution in [-0.2, 0) is 15.6 Å². The predicted molar refractivity (Wildman–Crippen MR) is 58.6 cm³/mol. The van der Waals surface area contributed by atoms with Crippen molar-refractivity contribution < 1.29 is 24.0 Å². The first kappa shape index (κ1) is 14.8. The maximum absolute atomic E-state index is 11.1. The second kappa shape index (κ2) is 8.05. The van der Waals surface area contributed by atoms with Crippen LogP contribution in [0.25, 0.3) is 0 Å². The Kier molecular flexibility index (Phi) is 7.48. The molecule has 1 unspecified atom stereocenters. The fourth-order valence-corrected chi connectivity index (χ4v) is 1.29. The van der Waals surface area contributed by atoms with Crippen molar-refractivity contribution in [3.05, 3.63) is 0 Å². The van der Waals surface area contributed by atoms with Gasteiger partial charge in [0.1, 0.15) is 6.04 Å². The number of aliphatic hydroxyl groups excluding tert-OH is 1. The van der Waals surface area contributed by atoms with E-state index in [1.165, 1.54) is 6.26 Å². The molecule has 4 N–H and O–H groups in total. The molecule has 0 fully saturated rings. The van der Waals surface area contributed by atoms with Gasteiger partial charge >= 0.3 is 12.0 Å². The molecule has 0 rings (SSSR count). The van der Waals surface area contributed by atoms with Gasteiger partial charge in [0.25, 0.3) is 0 Å². The molecule has 7 nitrogen and oxygen atoms in total. The molecule has 8 heteroatoms. The average Bonchev–Trinajstić information content (AvgIpc) is 2.16. The fraction of sp³-hybridized carbons (Fsp3) is 0.750. The van der Waals surface area contributed by atoms with Gasteiger partial charge in [-0.2, -0.15) is 0 Å². The van der Waals surface area contributed by atoms with E-state index in [0.717, 1.165) is 0 Å². The van der Waals surface area contributed by atoms with E-state index < -0.39 is 28.8 Å². The standard InChI is InChI=1S/C8H16N2O5S/c1-16(15)5-3-9-8(14)10-6(2-4-11)7(12)13/h6,11H,2-5H2,1H3,(H,12,13)(H2,9,10,14)/t6-,16?/m1/s1. The molecular formula is C8H16N2O5S. The minimum absolute atomic E-state index is 0.0531. The molecule has 0 radical (unpaired) electrons. The van der Waals surface area contributed by atoms with Crippen LogP contribution in [0.2, 0.25) is 0 Å². The van der Waals surface area contributed by atoms with E-state index in [4.69, 9.17) is 10.2 Å². The molecule has 0 aromatic rings. The van der Waals surface area contributed by atoms with Crippen molar-refractivity contribution in [1.29, 1.82) is 0 Å². The molecule has 0 saturated carbocycles. The first-order valence-corrected chi connectivity index (χ1v) is 6.38. The Morgan fingerprint density at radius 2 is 2.06 bits per heavy atom. The number of carbonyl (C=O) groups is 2. The molecule has 16 heavy (non-hydrogen) atoms. The average molecular weight is 252 g/mol. The van der Waals surface area contributed by atoms with Crippen LogP contribution in [-0.4, -0.2) is 57.6 Å². The number of aliphatic hydroxyl groups is 1. The highest BCUT2D eigenvalue weighted by Crippen LogP contribution is 1.90. The third kappa shape index (κ3) is 7.18. The zero-order valence-electron chi connectivity index (χ0n) is 8.93. The van der Waals surface area contributed by atoms with Gasteiger partial charge in [0.15, 0.2) is 0 Å². The van der Waals surface area contributed by atoms with Crippen molar-refractivity contribution in [3.8, 4) is 0 Å². The van der Waals surface area contributed by atoms with Crippen molar-refractivity contribution in [2.24, 2.45) is 0 Å². The summed E-state index contributed by atoms with van der Waals surface area (Å²) >= 11 is 0. The number of carbonyl (C=O) groups excluding carboxylic acids is 1. The summed E-state index contributed by atoms with van der Waals surface area (Å²) in [6, 6.07) is -1.76. The highest BCUT2D eigenvalue weighted by atomic mass is 32.2. The molecule has 0 saturated heterocycles. The summed E-state index contributed by atoms with van der Waals surface area (Å²) in [6.07, 6.45) is 1.45. The van der Waals surface area contributed by atoms with Crippen molar-refractivity contribution in [3.63, 3.8) is 0 Å². The largest absolute Gasteiger partial charge is 0.480 e. The molecule has 0 bridgehead atoms. The molecule has 0 aromatic heterocycles. The highest BCUT2D eigenvalue weighted by molar-refractivity contribution is 7.84. The molecule has 0 heterocycles. The highest BCUT2D eigenvalue weighted by Gasteiger charge is 2.18. The number of hydrogen-bond donors (Lipinski definition) is 4. The first-order valence-electron chi connectivity index (χ1n) is 4.65. The van der Waals surface area contributed by atoms with Crippen LogP contribution in [0.15, 0.2) is 0 Å². The third-order valence-corrected chi connectivity index (χ3v) is 2.48. The van der Waals surface area contributed by atoms with Gasteiger partial charge in [0, 0.05) is 42.4 Å². The smallest absolute Gasteiger partial charge is 0.326 e. The summed E-state index contributed by atoms with van der Waals surface area (Å²) in [5, 5.41) is 21.8. The number of aliphatic carboxylic acids is 1. The Hall–Kier alpha value is -1.15. The zero-order valence-corrected chi connectivity index (χ0v) is 9.75. The molecule has 2 amide bonds. The van der Waals surface area contributed by atoms with Crippen LogP contribution in [0.4, 0.5) is 4.79 Å². The minimum Gasteiger partial charge on any atom is -0.480 e. The second-order valence-electron chi connectivity index (χ2n) is 3.08. The number of urea groups is 1. The quantitative estimate of drug-likeness (QED) is 0.440. The number of nitrogens with one attached hydrogen (secondary N) is 2. The summed E-state index contributed by atoms with van der Waals surface area (Å²) in [4.78, 5) is 21.8. The number of rotatable bonds is 7. The SMILES string of the molecule is CS(=O)CCNC(=O)N[C@H](CCO)C(=O)O. The number of carboxylic acids is 1. The first-order chi connectivity index (χ1) is 7.47. The monoisotopic (exact) mass is 252 g/mol. The topological polar surface area (TPSA) is 116 Å². The Morgan fingerprint density at radius 3 is 2.50 bits per heavy atom. The van der Waals surface area contributed by atoms with E-state index in [1.807, 2.05) is 0 Å². The van der Waals surface area contributed by atoms with Crippen molar-refractivity contribution >= 4 is 22.8 Å². The van der Waals surface area contributed by atoms with E-state index in [9.17, 15) is 13.8 Å². The van der Waals surface area contributed by atoms with Crippen molar-refractivity contribution in [1.82, 2.24) is 10.6 Å². The van der Waals surface area contributed by atoms with Crippen LogP contribution in [0.1, 0.15) is 6.42 Å². The van der Waals surface area contributed by atoms with E-state index in [0.29, 0.717) is 5.75 Å². The normalized spacial score (nSPS) is 13.9. The van der Waals surface area contributed by atoms with E-state index in [2.05, 4.69) is 10.6 Å². The summed E-state index contributed by atoms with van der Waals surface area (Å²) < 4.78 is 10.7. The molecule has 0 aliphatic heterocycles. The van der Waals surface area contributed by atoms with Gasteiger partial charge in [0.2, 0.25) is 0 Å². The summed E-state index contributed by atoms with van der Waals surface area (Å²) in [7, 11) is -1.01. The zero-order chi connectivity index (χ0) is 12.6. The second-order valence-corrected chi connectivity index (χ2v) is 4.64. The van der Waals surface area contributed by atoms with Gasteiger partial charge in [-0.15, -0.1) is 0 Å². The molecule has 0 aliphatic rings. The van der Waals surface area contributed by atoms with Crippen LogP contribution in [0.5, 0.6) is 0 Å². The van der Waals surface area contributed by atoms with Crippen molar-refractivity contribution in [2.75, 3.05) is 25.2 Å². The fourth-order valence-electron chi connectivity index (χ4n) is 0.904. The Morgan fingerprint density at radius 1 is 1.44 bits per heavy atom. The lowest BCUT2D eigenvalue weighted by molar-refractivity contribution is -0.139. The molecule has 0 aromatic carbocycles. The maximum Gasteiger partial charge on any atom is 0.326 e. The molecule has 2 atom stereocenters. The number of hydrogen-bond acceptors (Lipinski definition) is 4. The lowest BCUT2D eigenvalue weighted by Gasteiger charge is -2.13. The Bertz CT molecular complexity index is 271. The van der Waals surface area contributed by atoms with Crippen LogP contribution in [0, 0.1) is 0 Å². The van der Waals surface area contributed by atoms with Gasteiger partial charge in [-0.3, -0.25) is 4.21 Å². The van der Waals surface area contributed by atoms with Gasteiger partial charge in [-0.05, 0) is 0 Å². The van der Waals surface area contributed by atoms with E-state index in [1.54, 1.807) is 0 Å². The summed E-state index contributed by atoms with van der Waals surface area (Å²) in [6.45, 7) is -0.114. The minimum atomic E-state index is -1.21. The maximum atomic E-state index is 11.1. The van der Waals surface area contributed by atoms with Crippen LogP contribution in [0.3, 0.4) is 0 Å². The van der Waals surface area contributed by atoms with E-state index in [-0.39, 0.29) is 19.6 Å². The molecular weight excluding hydrogens is 236 g/mol. The number of amides is 2. The molecule has 0 spiro atoms. The molecule has 0 aliphatic carbocycles. The third-order valence-electron chi connectivity index (χ3n) is 1.70. The van der Waals surface area contributed by atoms with E-state index >= 15 is 0 Å². The van der Waals surface area contributed by atoms with Gasteiger partial charge in [0.05, 0.1) is 0 Å². The Labute approximate surface area is 95.7 Å². The lowest BCUT2D eigenvalue weighted by Crippen LogP contribution is -2.47.